The Morgan fingerprint density at radius 2 is 0.912 bits per heavy atom. The molecule has 0 amide bonds. The number of quaternary nitrogens is 1. The van der Waals surface area contributed by atoms with Crippen LogP contribution in [0.15, 0.2) is 0 Å². The lowest BCUT2D eigenvalue weighted by Crippen LogP contribution is -2.33. The Morgan fingerprint density at radius 3 is 1.21 bits per heavy atom. The van der Waals surface area contributed by atoms with Gasteiger partial charge in [0.25, 0.3) is 0 Å². The lowest BCUT2D eigenvalue weighted by molar-refractivity contribution is -0.311. The van der Waals surface area contributed by atoms with E-state index in [9.17, 15) is 15.0 Å². The van der Waals surface area contributed by atoms with Crippen LogP contribution in [-0.4, -0.2) is 16.7 Å². The summed E-state index contributed by atoms with van der Waals surface area (Å²) >= 11 is 0. The molecule has 0 radical (unpaired) electrons. The first-order chi connectivity index (χ1) is 15.9. The van der Waals surface area contributed by atoms with Gasteiger partial charge in [0.15, 0.2) is 0 Å². The molecular weight excluding hydrogens is 422 g/mol. The highest BCUT2D eigenvalue weighted by Gasteiger charge is 2.26. The third kappa shape index (κ3) is 23.1. The largest absolute Gasteiger partial charge is 0.550 e. The molecule has 4 heteroatoms. The third-order valence-corrected chi connectivity index (χ3v) is 7.44. The van der Waals surface area contributed by atoms with Gasteiger partial charge in [-0.05, 0) is 31.6 Å². The van der Waals surface area contributed by atoms with Crippen LogP contribution in [0.4, 0.5) is 0 Å². The molecule has 1 atom stereocenters. The topological polar surface area (TPSA) is 96.9 Å². The van der Waals surface area contributed by atoms with Crippen LogP contribution in [0.3, 0.4) is 0 Å². The van der Waals surface area contributed by atoms with Crippen LogP contribution in [-0.2, 0) is 4.79 Å². The molecular formula is C30H63NO3. The standard InChI is InChI=1S/C30H60O3.H3N/c1-4-6-8-10-12-14-16-18-20-22-25-30(33,27-24-28(3)29(31)32)26-23-21-19-17-15-13-11-9-7-5-2;/h28,33H,4-27H2,1-3H3,(H,31,32);1H3. The van der Waals surface area contributed by atoms with Crippen molar-refractivity contribution in [2.75, 3.05) is 0 Å². The van der Waals surface area contributed by atoms with E-state index in [0.717, 1.165) is 25.7 Å². The van der Waals surface area contributed by atoms with E-state index in [1.54, 1.807) is 6.92 Å². The molecule has 0 rings (SSSR count). The maximum atomic E-state index is 11.3. The van der Waals surface area contributed by atoms with Crippen molar-refractivity contribution in [2.24, 2.45) is 5.92 Å². The van der Waals surface area contributed by atoms with Crippen LogP contribution in [0.2, 0.25) is 0 Å². The van der Waals surface area contributed by atoms with Crippen LogP contribution in [0.1, 0.15) is 175 Å². The van der Waals surface area contributed by atoms with E-state index in [2.05, 4.69) is 13.8 Å². The highest BCUT2D eigenvalue weighted by Crippen LogP contribution is 2.29. The Morgan fingerprint density at radius 1 is 0.618 bits per heavy atom. The van der Waals surface area contributed by atoms with Gasteiger partial charge < -0.3 is 21.2 Å². The number of aliphatic carboxylic acids is 1. The number of hydrogen-bond donors (Lipinski definition) is 2. The molecule has 0 aliphatic heterocycles. The summed E-state index contributed by atoms with van der Waals surface area (Å²) in [4.78, 5) is 11.1. The van der Waals surface area contributed by atoms with Crippen molar-refractivity contribution in [3.63, 3.8) is 0 Å². The third-order valence-electron chi connectivity index (χ3n) is 7.44. The molecule has 4 nitrogen and oxygen atoms in total. The zero-order valence-corrected chi connectivity index (χ0v) is 23.8. The molecule has 1 unspecified atom stereocenters. The molecule has 0 aliphatic rings. The minimum Gasteiger partial charge on any atom is -0.550 e. The Labute approximate surface area is 213 Å². The highest BCUT2D eigenvalue weighted by atomic mass is 16.4. The van der Waals surface area contributed by atoms with E-state index < -0.39 is 17.5 Å². The Hall–Kier alpha value is -0.610. The van der Waals surface area contributed by atoms with E-state index in [1.165, 1.54) is 116 Å². The summed E-state index contributed by atoms with van der Waals surface area (Å²) in [5.41, 5.74) is -0.690. The van der Waals surface area contributed by atoms with Crippen LogP contribution in [0.25, 0.3) is 0 Å². The number of carboxylic acid groups (broad SMARTS) is 1. The molecule has 0 aromatic heterocycles. The number of carbonyl (C=O) groups is 1. The van der Waals surface area contributed by atoms with Gasteiger partial charge >= 0.3 is 0 Å². The van der Waals surface area contributed by atoms with E-state index >= 15 is 0 Å². The summed E-state index contributed by atoms with van der Waals surface area (Å²) in [6, 6.07) is 0. The zero-order chi connectivity index (χ0) is 24.6. The highest BCUT2D eigenvalue weighted by molar-refractivity contribution is 5.66. The average Bonchev–Trinajstić information content (AvgIpc) is 2.80. The number of unbranched alkanes of at least 4 members (excludes halogenated alkanes) is 18. The van der Waals surface area contributed by atoms with Crippen molar-refractivity contribution in [2.45, 2.75) is 180 Å². The predicted octanol–water partition coefficient (Wildman–Crippen LogP) is 8.88. The van der Waals surface area contributed by atoms with Gasteiger partial charge in [0.05, 0.1) is 5.60 Å². The smallest absolute Gasteiger partial charge is 0.0648 e. The van der Waals surface area contributed by atoms with Crippen molar-refractivity contribution in [1.82, 2.24) is 6.15 Å². The summed E-state index contributed by atoms with van der Waals surface area (Å²) in [6.07, 6.45) is 28.7. The van der Waals surface area contributed by atoms with Crippen molar-refractivity contribution >= 4 is 5.97 Å². The quantitative estimate of drug-likeness (QED) is 0.120. The number of carbonyl (C=O) groups excluding carboxylic acids is 1. The monoisotopic (exact) mass is 485 g/mol. The second-order valence-corrected chi connectivity index (χ2v) is 10.8. The van der Waals surface area contributed by atoms with E-state index in [-0.39, 0.29) is 6.15 Å². The molecule has 0 saturated heterocycles. The summed E-state index contributed by atoms with van der Waals surface area (Å²) in [7, 11) is 0. The molecule has 206 valence electrons. The van der Waals surface area contributed by atoms with Crippen molar-refractivity contribution < 1.29 is 15.0 Å². The maximum absolute atomic E-state index is 11.3. The summed E-state index contributed by atoms with van der Waals surface area (Å²) in [6.45, 7) is 6.23. The molecule has 0 bridgehead atoms. The van der Waals surface area contributed by atoms with Gasteiger partial charge in [0, 0.05) is 5.97 Å². The lowest BCUT2D eigenvalue weighted by Gasteiger charge is -2.30. The number of aliphatic hydroxyl groups is 1. The molecule has 0 heterocycles. The van der Waals surface area contributed by atoms with Gasteiger partial charge in [0.1, 0.15) is 0 Å². The number of hydrogen-bond acceptors (Lipinski definition) is 3. The van der Waals surface area contributed by atoms with Crippen molar-refractivity contribution in [1.29, 1.82) is 0 Å². The Balaban J connectivity index is 0. The van der Waals surface area contributed by atoms with Gasteiger partial charge in [0.2, 0.25) is 0 Å². The molecule has 5 N–H and O–H groups in total. The van der Waals surface area contributed by atoms with Gasteiger partial charge in [-0.1, -0.05) is 149 Å². The molecule has 0 spiro atoms. The Kier molecular flexibility index (Phi) is 26.6. The number of rotatable bonds is 26. The van der Waals surface area contributed by atoms with Crippen LogP contribution in [0, 0.1) is 5.92 Å². The van der Waals surface area contributed by atoms with Gasteiger partial charge in [-0.25, -0.2) is 0 Å². The summed E-state index contributed by atoms with van der Waals surface area (Å²) in [5.74, 6) is -1.47. The van der Waals surface area contributed by atoms with E-state index in [0.29, 0.717) is 12.8 Å². The van der Waals surface area contributed by atoms with E-state index in [4.69, 9.17) is 0 Å². The van der Waals surface area contributed by atoms with Gasteiger partial charge in [-0.2, -0.15) is 0 Å². The second-order valence-electron chi connectivity index (χ2n) is 10.8. The van der Waals surface area contributed by atoms with Crippen molar-refractivity contribution in [3.05, 3.63) is 0 Å². The normalized spacial score (nSPS) is 12.5. The fourth-order valence-corrected chi connectivity index (χ4v) is 4.86. The fourth-order valence-electron chi connectivity index (χ4n) is 4.86. The first-order valence-electron chi connectivity index (χ1n) is 14.9. The minimum absolute atomic E-state index is 0. The van der Waals surface area contributed by atoms with Crippen LogP contribution < -0.4 is 11.3 Å². The molecule has 0 aromatic rings. The molecule has 0 aromatic carbocycles. The Bertz CT molecular complexity index is 403. The van der Waals surface area contributed by atoms with Crippen LogP contribution >= 0.6 is 0 Å². The fraction of sp³-hybridized carbons (Fsp3) is 0.967. The lowest BCUT2D eigenvalue weighted by atomic mass is 9.84. The maximum Gasteiger partial charge on any atom is 0.0648 e. The second kappa shape index (κ2) is 25.5. The zero-order valence-electron chi connectivity index (χ0n) is 23.8. The molecule has 34 heavy (non-hydrogen) atoms. The van der Waals surface area contributed by atoms with Crippen molar-refractivity contribution in [3.8, 4) is 0 Å². The first kappa shape index (κ1) is 35.6. The minimum atomic E-state index is -0.991. The number of carboxylic acids is 1. The van der Waals surface area contributed by atoms with Gasteiger partial charge in [-0.3, -0.25) is 0 Å². The van der Waals surface area contributed by atoms with E-state index in [1.807, 2.05) is 0 Å². The molecule has 0 aliphatic carbocycles. The molecule has 0 saturated carbocycles. The molecule has 0 fully saturated rings. The predicted molar refractivity (Wildman–Crippen MR) is 147 cm³/mol. The van der Waals surface area contributed by atoms with Gasteiger partial charge in [-0.15, -0.1) is 0 Å². The first-order valence-corrected chi connectivity index (χ1v) is 14.9. The van der Waals surface area contributed by atoms with Crippen LogP contribution in [0.5, 0.6) is 0 Å². The average molecular weight is 486 g/mol. The SMILES string of the molecule is CCCCCCCCCCCCC(O)(CCCCCCCCCCCC)CCC(C)C(=O)[O-].[NH4+]. The summed E-state index contributed by atoms with van der Waals surface area (Å²) < 4.78 is 0. The summed E-state index contributed by atoms with van der Waals surface area (Å²) in [5, 5.41) is 22.4.